The molecule has 5 rings (SSSR count). The first kappa shape index (κ1) is 21.7. The lowest BCUT2D eigenvalue weighted by atomic mass is 9.96. The van der Waals surface area contributed by atoms with Crippen molar-refractivity contribution in [2.45, 2.75) is 52.1 Å². The first-order chi connectivity index (χ1) is 15.8. The second-order valence-corrected chi connectivity index (χ2v) is 9.71. The van der Waals surface area contributed by atoms with Crippen molar-refractivity contribution in [2.24, 2.45) is 11.8 Å². The first-order valence-electron chi connectivity index (χ1n) is 11.8. The molecule has 1 saturated heterocycles. The summed E-state index contributed by atoms with van der Waals surface area (Å²) >= 11 is 0. The summed E-state index contributed by atoms with van der Waals surface area (Å²) in [6, 6.07) is 7.22. The number of urea groups is 1. The van der Waals surface area contributed by atoms with Crippen LogP contribution >= 0.6 is 0 Å². The number of halogens is 1. The number of pyridine rings is 1. The SMILES string of the molecule is CCn1ncc2c(F)cc(-c3ccc(C4CC5CN(C(=O)NC(C)C)CC5C4)c(=O)[nH]3)cc21. The van der Waals surface area contributed by atoms with Gasteiger partial charge in [0.1, 0.15) is 5.82 Å². The van der Waals surface area contributed by atoms with Crippen LogP contribution < -0.4 is 10.9 Å². The Morgan fingerprint density at radius 3 is 2.61 bits per heavy atom. The van der Waals surface area contributed by atoms with Crippen LogP contribution in [0.1, 0.15) is 45.1 Å². The van der Waals surface area contributed by atoms with Gasteiger partial charge in [0.25, 0.3) is 5.56 Å². The van der Waals surface area contributed by atoms with Gasteiger partial charge in [0, 0.05) is 42.5 Å². The number of likely N-dealkylation sites (tertiary alicyclic amines) is 1. The van der Waals surface area contributed by atoms with E-state index in [4.69, 9.17) is 0 Å². The number of nitrogens with zero attached hydrogens (tertiary/aromatic N) is 3. The Morgan fingerprint density at radius 2 is 1.97 bits per heavy atom. The number of amides is 2. The molecule has 33 heavy (non-hydrogen) atoms. The zero-order valence-electron chi connectivity index (χ0n) is 19.3. The molecular weight excluding hydrogens is 421 g/mol. The van der Waals surface area contributed by atoms with E-state index in [0.717, 1.165) is 31.5 Å². The largest absolute Gasteiger partial charge is 0.336 e. The number of H-pyrrole nitrogens is 1. The highest BCUT2D eigenvalue weighted by molar-refractivity contribution is 5.84. The van der Waals surface area contributed by atoms with Crippen molar-refractivity contribution < 1.29 is 9.18 Å². The van der Waals surface area contributed by atoms with Gasteiger partial charge in [-0.05, 0) is 69.6 Å². The van der Waals surface area contributed by atoms with E-state index in [2.05, 4.69) is 15.4 Å². The van der Waals surface area contributed by atoms with E-state index in [1.165, 1.54) is 12.3 Å². The summed E-state index contributed by atoms with van der Waals surface area (Å²) in [5.41, 5.74) is 2.62. The lowest BCUT2D eigenvalue weighted by Crippen LogP contribution is -2.42. The molecule has 2 fully saturated rings. The number of hydrogen-bond acceptors (Lipinski definition) is 3. The van der Waals surface area contributed by atoms with Gasteiger partial charge in [-0.3, -0.25) is 9.48 Å². The summed E-state index contributed by atoms with van der Waals surface area (Å²) in [6.07, 6.45) is 3.36. The third-order valence-corrected chi connectivity index (χ3v) is 7.15. The topological polar surface area (TPSA) is 83.0 Å². The molecule has 2 amide bonds. The van der Waals surface area contributed by atoms with Crippen molar-refractivity contribution in [2.75, 3.05) is 13.1 Å². The van der Waals surface area contributed by atoms with Gasteiger partial charge in [-0.25, -0.2) is 9.18 Å². The summed E-state index contributed by atoms with van der Waals surface area (Å²) in [4.78, 5) is 30.2. The maximum absolute atomic E-state index is 14.6. The zero-order valence-corrected chi connectivity index (χ0v) is 19.3. The predicted molar refractivity (Wildman–Crippen MR) is 126 cm³/mol. The summed E-state index contributed by atoms with van der Waals surface area (Å²) in [7, 11) is 0. The van der Waals surface area contributed by atoms with E-state index in [1.54, 1.807) is 4.68 Å². The Labute approximate surface area is 192 Å². The van der Waals surface area contributed by atoms with Crippen LogP contribution in [0.15, 0.2) is 35.3 Å². The van der Waals surface area contributed by atoms with Crippen LogP contribution in [0.3, 0.4) is 0 Å². The van der Waals surface area contributed by atoms with E-state index < -0.39 is 0 Å². The minimum atomic E-state index is -0.346. The zero-order chi connectivity index (χ0) is 23.3. The van der Waals surface area contributed by atoms with Crippen LogP contribution in [0.5, 0.6) is 0 Å². The molecule has 3 heterocycles. The van der Waals surface area contributed by atoms with Crippen molar-refractivity contribution in [1.82, 2.24) is 25.0 Å². The Bertz CT molecular complexity index is 1250. The van der Waals surface area contributed by atoms with Crippen molar-refractivity contribution in [1.29, 1.82) is 0 Å². The van der Waals surface area contributed by atoms with Crippen LogP contribution in [0.25, 0.3) is 22.2 Å². The highest BCUT2D eigenvalue weighted by Gasteiger charge is 2.43. The van der Waals surface area contributed by atoms with E-state index >= 15 is 0 Å². The fourth-order valence-electron chi connectivity index (χ4n) is 5.57. The van der Waals surface area contributed by atoms with Gasteiger partial charge in [-0.2, -0.15) is 5.10 Å². The average molecular weight is 452 g/mol. The first-order valence-corrected chi connectivity index (χ1v) is 11.8. The lowest BCUT2D eigenvalue weighted by molar-refractivity contribution is 0.202. The summed E-state index contributed by atoms with van der Waals surface area (Å²) in [5, 5.41) is 7.68. The Kier molecular flexibility index (Phi) is 5.46. The van der Waals surface area contributed by atoms with Gasteiger partial charge in [0.2, 0.25) is 0 Å². The van der Waals surface area contributed by atoms with E-state index in [-0.39, 0.29) is 29.4 Å². The standard InChI is InChI=1S/C25H30FN5O2/c1-4-31-23-10-16(9-21(26)20(23)11-27-31)22-6-5-19(24(32)29-22)15-7-17-12-30(13-18(17)8-15)25(33)28-14(2)3/h5-6,9-11,14-15,17-18H,4,7-8,12-13H2,1-3H3,(H,28,33)(H,29,32). The normalized spacial score (nSPS) is 22.3. The number of carbonyl (C=O) groups is 1. The van der Waals surface area contributed by atoms with Crippen LogP contribution in [-0.4, -0.2) is 44.8 Å². The molecule has 2 N–H and O–H groups in total. The third kappa shape index (κ3) is 3.92. The molecule has 2 atom stereocenters. The molecular formula is C25H30FN5O2. The number of nitrogens with one attached hydrogen (secondary N) is 2. The van der Waals surface area contributed by atoms with E-state index in [1.807, 2.05) is 43.9 Å². The monoisotopic (exact) mass is 451 g/mol. The van der Waals surface area contributed by atoms with Crippen molar-refractivity contribution >= 4 is 16.9 Å². The molecule has 2 aromatic heterocycles. The quantitative estimate of drug-likeness (QED) is 0.627. The number of rotatable bonds is 4. The Balaban J connectivity index is 1.34. The average Bonchev–Trinajstić information content (AvgIpc) is 3.46. The minimum absolute atomic E-state index is 0.00627. The Hall–Kier alpha value is -3.16. The van der Waals surface area contributed by atoms with Crippen LogP contribution in [0.4, 0.5) is 9.18 Å². The number of carbonyl (C=O) groups excluding carboxylic acids is 1. The predicted octanol–water partition coefficient (Wildman–Crippen LogP) is 4.09. The van der Waals surface area contributed by atoms with Crippen molar-refractivity contribution in [3.63, 3.8) is 0 Å². The molecule has 0 bridgehead atoms. The van der Waals surface area contributed by atoms with Crippen LogP contribution in [0.2, 0.25) is 0 Å². The molecule has 1 saturated carbocycles. The molecule has 174 valence electrons. The van der Waals surface area contributed by atoms with Crippen molar-refractivity contribution in [3.8, 4) is 11.3 Å². The van der Waals surface area contributed by atoms with Gasteiger partial charge in [0.05, 0.1) is 17.1 Å². The second-order valence-electron chi connectivity index (χ2n) is 9.71. The lowest BCUT2D eigenvalue weighted by Gasteiger charge is -2.21. The van der Waals surface area contributed by atoms with Crippen LogP contribution in [-0.2, 0) is 6.54 Å². The molecule has 0 spiro atoms. The fourth-order valence-corrected chi connectivity index (χ4v) is 5.57. The van der Waals surface area contributed by atoms with Crippen LogP contribution in [0, 0.1) is 17.7 Å². The molecule has 3 aromatic rings. The molecule has 1 aliphatic heterocycles. The molecule has 7 nitrogen and oxygen atoms in total. The smallest absolute Gasteiger partial charge is 0.317 e. The molecule has 1 aromatic carbocycles. The summed E-state index contributed by atoms with van der Waals surface area (Å²) in [6.45, 7) is 8.03. The summed E-state index contributed by atoms with van der Waals surface area (Å²) in [5.74, 6) is 0.700. The maximum atomic E-state index is 14.6. The Morgan fingerprint density at radius 1 is 1.24 bits per heavy atom. The highest BCUT2D eigenvalue weighted by Crippen LogP contribution is 2.45. The number of hydrogen-bond donors (Lipinski definition) is 2. The van der Waals surface area contributed by atoms with Gasteiger partial charge in [0.15, 0.2) is 0 Å². The molecule has 2 unspecified atom stereocenters. The van der Waals surface area contributed by atoms with Gasteiger partial charge in [-0.15, -0.1) is 0 Å². The third-order valence-electron chi connectivity index (χ3n) is 7.15. The van der Waals surface area contributed by atoms with Gasteiger partial charge < -0.3 is 15.2 Å². The minimum Gasteiger partial charge on any atom is -0.336 e. The maximum Gasteiger partial charge on any atom is 0.317 e. The number of aromatic nitrogens is 3. The van der Waals surface area contributed by atoms with E-state index in [0.29, 0.717) is 40.5 Å². The van der Waals surface area contributed by atoms with E-state index in [9.17, 15) is 14.0 Å². The molecule has 0 radical (unpaired) electrons. The number of fused-ring (bicyclic) bond motifs is 2. The number of benzene rings is 1. The highest BCUT2D eigenvalue weighted by atomic mass is 19.1. The summed E-state index contributed by atoms with van der Waals surface area (Å²) < 4.78 is 16.4. The number of aryl methyl sites for hydroxylation is 1. The molecule has 1 aliphatic carbocycles. The molecule has 2 aliphatic rings. The second kappa shape index (κ2) is 8.32. The van der Waals surface area contributed by atoms with Gasteiger partial charge >= 0.3 is 6.03 Å². The molecule has 8 heteroatoms. The van der Waals surface area contributed by atoms with Crippen molar-refractivity contribution in [3.05, 3.63) is 52.2 Å². The fraction of sp³-hybridized carbons (Fsp3) is 0.480. The van der Waals surface area contributed by atoms with Gasteiger partial charge in [-0.1, -0.05) is 6.07 Å². The number of aromatic amines is 1.